The van der Waals surface area contributed by atoms with Gasteiger partial charge in [0.05, 0.1) is 6.61 Å². The van der Waals surface area contributed by atoms with Gasteiger partial charge in [0.2, 0.25) is 0 Å². The maximum absolute atomic E-state index is 12.3. The number of ether oxygens (including phenoxy) is 2. The summed E-state index contributed by atoms with van der Waals surface area (Å²) in [7, 11) is 0. The Morgan fingerprint density at radius 1 is 1.12 bits per heavy atom. The van der Waals surface area contributed by atoms with Gasteiger partial charge in [-0.25, -0.2) is 4.79 Å². The van der Waals surface area contributed by atoms with Gasteiger partial charge in [0.1, 0.15) is 18.7 Å². The first kappa shape index (κ1) is 25.6. The second-order valence-corrected chi connectivity index (χ2v) is 8.29. The summed E-state index contributed by atoms with van der Waals surface area (Å²) in [5.41, 5.74) is 0.976. The van der Waals surface area contributed by atoms with Crippen LogP contribution in [0.2, 0.25) is 0 Å². The highest BCUT2D eigenvalue weighted by Crippen LogP contribution is 2.24. The van der Waals surface area contributed by atoms with Crippen molar-refractivity contribution in [3.8, 4) is 0 Å². The molecule has 1 aliphatic rings. The van der Waals surface area contributed by atoms with Crippen molar-refractivity contribution in [2.45, 2.75) is 71.1 Å². The number of likely N-dealkylation sites (tertiary alicyclic amines) is 1. The Bertz CT molecular complexity index is 718. The standard InChI is InChI=1S/C24H36N2O6/c1-3-31-23(29)21(25-18(2)22(27)28)12-8-7-9-19-13-15-26(16-14-19)24(30)32-17-20-10-5-4-6-11-20/h4-6,10-11,18-19,21,25H,3,7-9,12-17H2,1-2H3,(H,27,28)/t18-,21?/m0/s1. The van der Waals surface area contributed by atoms with E-state index in [1.165, 1.54) is 6.92 Å². The van der Waals surface area contributed by atoms with E-state index in [1.807, 2.05) is 30.3 Å². The Morgan fingerprint density at radius 3 is 2.44 bits per heavy atom. The third kappa shape index (κ3) is 8.86. The lowest BCUT2D eigenvalue weighted by atomic mass is 9.91. The number of carboxylic acid groups (broad SMARTS) is 1. The maximum Gasteiger partial charge on any atom is 0.410 e. The molecule has 8 nitrogen and oxygen atoms in total. The van der Waals surface area contributed by atoms with Gasteiger partial charge in [-0.3, -0.25) is 14.9 Å². The number of hydrogen-bond donors (Lipinski definition) is 2. The molecule has 2 N–H and O–H groups in total. The molecule has 0 aromatic heterocycles. The molecule has 1 aliphatic heterocycles. The van der Waals surface area contributed by atoms with Crippen molar-refractivity contribution in [2.75, 3.05) is 19.7 Å². The predicted molar refractivity (Wildman–Crippen MR) is 120 cm³/mol. The van der Waals surface area contributed by atoms with Crippen molar-refractivity contribution >= 4 is 18.0 Å². The second-order valence-electron chi connectivity index (χ2n) is 8.29. The van der Waals surface area contributed by atoms with Crippen molar-refractivity contribution in [3.05, 3.63) is 35.9 Å². The fourth-order valence-corrected chi connectivity index (χ4v) is 3.88. The van der Waals surface area contributed by atoms with Crippen LogP contribution in [0.5, 0.6) is 0 Å². The quantitative estimate of drug-likeness (QED) is 0.372. The molecule has 0 bridgehead atoms. The van der Waals surface area contributed by atoms with Crippen LogP contribution in [0.3, 0.4) is 0 Å². The molecule has 1 aromatic carbocycles. The Labute approximate surface area is 190 Å². The molecule has 1 saturated heterocycles. The van der Waals surface area contributed by atoms with E-state index in [0.717, 1.165) is 37.7 Å². The lowest BCUT2D eigenvalue weighted by Crippen LogP contribution is -2.46. The molecule has 1 heterocycles. The van der Waals surface area contributed by atoms with E-state index in [9.17, 15) is 14.4 Å². The van der Waals surface area contributed by atoms with E-state index in [-0.39, 0.29) is 19.3 Å². The fourth-order valence-electron chi connectivity index (χ4n) is 3.88. The van der Waals surface area contributed by atoms with Crippen LogP contribution in [0.15, 0.2) is 30.3 Å². The molecule has 32 heavy (non-hydrogen) atoms. The lowest BCUT2D eigenvalue weighted by Gasteiger charge is -2.31. The Balaban J connectivity index is 1.65. The number of hydrogen-bond acceptors (Lipinski definition) is 6. The van der Waals surface area contributed by atoms with Gasteiger partial charge in [0.25, 0.3) is 0 Å². The Kier molecular flexibility index (Phi) is 11.0. The maximum atomic E-state index is 12.3. The molecular formula is C24H36N2O6. The zero-order valence-corrected chi connectivity index (χ0v) is 19.1. The van der Waals surface area contributed by atoms with Crippen LogP contribution in [-0.4, -0.2) is 59.8 Å². The predicted octanol–water partition coefficient (Wildman–Crippen LogP) is 3.59. The molecule has 0 saturated carbocycles. The van der Waals surface area contributed by atoms with Gasteiger partial charge >= 0.3 is 18.0 Å². The van der Waals surface area contributed by atoms with Crippen LogP contribution in [0.25, 0.3) is 0 Å². The number of aliphatic carboxylic acids is 1. The normalized spacial score (nSPS) is 16.2. The lowest BCUT2D eigenvalue weighted by molar-refractivity contribution is -0.147. The summed E-state index contributed by atoms with van der Waals surface area (Å²) in [6, 6.07) is 8.23. The number of carbonyl (C=O) groups excluding carboxylic acids is 2. The Morgan fingerprint density at radius 2 is 1.81 bits per heavy atom. The fraction of sp³-hybridized carbons (Fsp3) is 0.625. The summed E-state index contributed by atoms with van der Waals surface area (Å²) in [5.74, 6) is -0.851. The third-order valence-corrected chi connectivity index (χ3v) is 5.83. The summed E-state index contributed by atoms with van der Waals surface area (Å²) in [6.45, 7) is 5.20. The number of amides is 1. The third-order valence-electron chi connectivity index (χ3n) is 5.83. The van der Waals surface area contributed by atoms with Crippen LogP contribution >= 0.6 is 0 Å². The van der Waals surface area contributed by atoms with E-state index < -0.39 is 24.0 Å². The number of carboxylic acids is 1. The van der Waals surface area contributed by atoms with E-state index >= 15 is 0 Å². The molecule has 1 unspecified atom stereocenters. The summed E-state index contributed by atoms with van der Waals surface area (Å²) in [4.78, 5) is 37.3. The summed E-state index contributed by atoms with van der Waals surface area (Å²) < 4.78 is 10.5. The number of piperidine rings is 1. The highest BCUT2D eigenvalue weighted by atomic mass is 16.6. The summed E-state index contributed by atoms with van der Waals surface area (Å²) in [6.07, 6.45) is 4.94. The average Bonchev–Trinajstić information content (AvgIpc) is 2.80. The molecule has 0 radical (unpaired) electrons. The zero-order valence-electron chi connectivity index (χ0n) is 19.1. The average molecular weight is 449 g/mol. The van der Waals surface area contributed by atoms with E-state index in [2.05, 4.69) is 5.32 Å². The highest BCUT2D eigenvalue weighted by molar-refractivity contribution is 5.78. The first-order chi connectivity index (χ1) is 15.4. The first-order valence-corrected chi connectivity index (χ1v) is 11.5. The molecule has 2 rings (SSSR count). The number of benzene rings is 1. The first-order valence-electron chi connectivity index (χ1n) is 11.5. The van der Waals surface area contributed by atoms with Crippen LogP contribution < -0.4 is 5.32 Å². The van der Waals surface area contributed by atoms with Gasteiger partial charge < -0.3 is 19.5 Å². The zero-order chi connectivity index (χ0) is 23.3. The summed E-state index contributed by atoms with van der Waals surface area (Å²) >= 11 is 0. The molecule has 1 fully saturated rings. The van der Waals surface area contributed by atoms with Gasteiger partial charge in [0, 0.05) is 13.1 Å². The molecule has 1 aromatic rings. The Hall–Kier alpha value is -2.61. The molecule has 1 amide bonds. The minimum atomic E-state index is -0.992. The van der Waals surface area contributed by atoms with Gasteiger partial charge in [-0.05, 0) is 44.6 Å². The van der Waals surface area contributed by atoms with Crippen molar-refractivity contribution in [2.24, 2.45) is 5.92 Å². The number of rotatable bonds is 12. The monoisotopic (exact) mass is 448 g/mol. The number of unbranched alkanes of at least 4 members (excludes halogenated alkanes) is 1. The van der Waals surface area contributed by atoms with Crippen molar-refractivity contribution in [1.82, 2.24) is 10.2 Å². The smallest absolute Gasteiger partial charge is 0.410 e. The van der Waals surface area contributed by atoms with Crippen molar-refractivity contribution in [3.63, 3.8) is 0 Å². The van der Waals surface area contributed by atoms with E-state index in [0.29, 0.717) is 25.4 Å². The van der Waals surface area contributed by atoms with Crippen LogP contribution in [-0.2, 0) is 25.7 Å². The number of nitrogens with zero attached hydrogens (tertiary/aromatic N) is 1. The van der Waals surface area contributed by atoms with E-state index in [4.69, 9.17) is 14.6 Å². The molecule has 0 spiro atoms. The number of carbonyl (C=O) groups is 3. The van der Waals surface area contributed by atoms with Crippen molar-refractivity contribution in [1.29, 1.82) is 0 Å². The van der Waals surface area contributed by atoms with Crippen LogP contribution in [0.4, 0.5) is 4.79 Å². The minimum absolute atomic E-state index is 0.261. The number of nitrogens with one attached hydrogen (secondary N) is 1. The van der Waals surface area contributed by atoms with E-state index in [1.54, 1.807) is 11.8 Å². The van der Waals surface area contributed by atoms with Gasteiger partial charge in [-0.1, -0.05) is 49.6 Å². The van der Waals surface area contributed by atoms with Gasteiger partial charge in [-0.15, -0.1) is 0 Å². The largest absolute Gasteiger partial charge is 0.480 e. The van der Waals surface area contributed by atoms with Crippen LogP contribution in [0, 0.1) is 5.92 Å². The topological polar surface area (TPSA) is 105 Å². The van der Waals surface area contributed by atoms with Gasteiger partial charge in [0.15, 0.2) is 0 Å². The SMILES string of the molecule is CCOC(=O)C(CCCCC1CCN(C(=O)OCc2ccccc2)CC1)N[C@@H](C)C(=O)O. The molecular weight excluding hydrogens is 412 g/mol. The highest BCUT2D eigenvalue weighted by Gasteiger charge is 2.26. The molecule has 8 heteroatoms. The minimum Gasteiger partial charge on any atom is -0.480 e. The summed E-state index contributed by atoms with van der Waals surface area (Å²) in [5, 5.41) is 11.9. The molecule has 2 atom stereocenters. The van der Waals surface area contributed by atoms with Gasteiger partial charge in [-0.2, -0.15) is 0 Å². The molecule has 0 aliphatic carbocycles. The second kappa shape index (κ2) is 13.7. The number of esters is 1. The van der Waals surface area contributed by atoms with Crippen LogP contribution in [0.1, 0.15) is 57.9 Å². The molecule has 178 valence electrons. The van der Waals surface area contributed by atoms with Crippen molar-refractivity contribution < 1.29 is 29.0 Å².